The molecule has 4 nitrogen and oxygen atoms in total. The number of carbonyl (C=O) groups excluding carboxylic acids is 1. The van der Waals surface area contributed by atoms with Gasteiger partial charge in [0.15, 0.2) is 0 Å². The second kappa shape index (κ2) is 4.14. The van der Waals surface area contributed by atoms with E-state index in [9.17, 15) is 4.79 Å². The van der Waals surface area contributed by atoms with E-state index < -0.39 is 6.16 Å². The Morgan fingerprint density at radius 2 is 2.38 bits per heavy atom. The minimum absolute atomic E-state index is 0.914. The first kappa shape index (κ1) is 6.97. The molecule has 0 aliphatic carbocycles. The molecule has 0 unspecified atom stereocenters. The smallest absolute Gasteiger partial charge is 0.402 e. The molecule has 0 saturated carbocycles. The number of hydrogen-bond donors (Lipinski definition) is 1. The monoisotopic (exact) mass is 117 g/mol. The summed E-state index contributed by atoms with van der Waals surface area (Å²) in [5.74, 6) is 4.40. The van der Waals surface area contributed by atoms with Crippen molar-refractivity contribution in [1.29, 1.82) is 0 Å². The SMILES string of the molecule is CC=COC(=O)ON. The fourth-order valence-corrected chi connectivity index (χ4v) is 0.151. The lowest BCUT2D eigenvalue weighted by Gasteiger charge is -1.90. The van der Waals surface area contributed by atoms with Crippen molar-refractivity contribution in [2.24, 2.45) is 5.90 Å². The van der Waals surface area contributed by atoms with Crippen LogP contribution in [0.15, 0.2) is 12.3 Å². The Labute approximate surface area is 46.8 Å². The van der Waals surface area contributed by atoms with Crippen LogP contribution in [0.25, 0.3) is 0 Å². The summed E-state index contributed by atoms with van der Waals surface area (Å²) >= 11 is 0. The fraction of sp³-hybridized carbons (Fsp3) is 0.250. The maximum Gasteiger partial charge on any atom is 0.532 e. The van der Waals surface area contributed by atoms with Gasteiger partial charge in [-0.2, -0.15) is 5.90 Å². The van der Waals surface area contributed by atoms with E-state index in [1.165, 1.54) is 12.3 Å². The molecule has 0 aromatic rings. The molecule has 0 aromatic heterocycles. The van der Waals surface area contributed by atoms with Gasteiger partial charge < -0.3 is 9.57 Å². The quantitative estimate of drug-likeness (QED) is 0.309. The van der Waals surface area contributed by atoms with Gasteiger partial charge >= 0.3 is 6.16 Å². The van der Waals surface area contributed by atoms with Crippen molar-refractivity contribution in [2.75, 3.05) is 0 Å². The molecular weight excluding hydrogens is 110 g/mol. The maximum absolute atomic E-state index is 9.95. The second-order valence-corrected chi connectivity index (χ2v) is 0.955. The Hall–Kier alpha value is -1.03. The third-order valence-corrected chi connectivity index (χ3v) is 0.397. The van der Waals surface area contributed by atoms with Crippen LogP contribution in [0.1, 0.15) is 6.92 Å². The molecule has 0 spiro atoms. The van der Waals surface area contributed by atoms with Crippen LogP contribution in [-0.2, 0) is 9.57 Å². The topological polar surface area (TPSA) is 61.5 Å². The minimum atomic E-state index is -0.914. The molecule has 8 heavy (non-hydrogen) atoms. The molecule has 0 amide bonds. The molecule has 0 fully saturated rings. The number of nitrogens with two attached hydrogens (primary N) is 1. The molecule has 0 heterocycles. The summed E-state index contributed by atoms with van der Waals surface area (Å²) in [6.07, 6.45) is 1.80. The summed E-state index contributed by atoms with van der Waals surface area (Å²) in [5.41, 5.74) is 0. The molecular formula is C4H7NO3. The molecule has 4 heteroatoms. The molecule has 0 rings (SSSR count). The van der Waals surface area contributed by atoms with Gasteiger partial charge in [0, 0.05) is 0 Å². The van der Waals surface area contributed by atoms with E-state index in [4.69, 9.17) is 0 Å². The lowest BCUT2D eigenvalue weighted by molar-refractivity contribution is 0.0850. The third-order valence-electron chi connectivity index (χ3n) is 0.397. The predicted octanol–water partition coefficient (Wildman–Crippen LogP) is 0.547. The zero-order valence-corrected chi connectivity index (χ0v) is 4.46. The summed E-state index contributed by atoms with van der Waals surface area (Å²) in [5, 5.41) is 0. The standard InChI is InChI=1S/C4H7NO3/c1-2-3-7-4(6)8-5/h2-3H,5H2,1H3. The lowest BCUT2D eigenvalue weighted by Crippen LogP contribution is -2.08. The molecule has 0 bridgehead atoms. The van der Waals surface area contributed by atoms with Gasteiger partial charge in [-0.15, -0.1) is 0 Å². The van der Waals surface area contributed by atoms with Crippen molar-refractivity contribution >= 4 is 6.16 Å². The van der Waals surface area contributed by atoms with Crippen molar-refractivity contribution in [3.8, 4) is 0 Å². The summed E-state index contributed by atoms with van der Waals surface area (Å²) in [4.78, 5) is 13.6. The van der Waals surface area contributed by atoms with Crippen molar-refractivity contribution < 1.29 is 14.4 Å². The van der Waals surface area contributed by atoms with Crippen LogP contribution in [0.4, 0.5) is 4.79 Å². The van der Waals surface area contributed by atoms with Gasteiger partial charge in [0.25, 0.3) is 0 Å². The molecule has 0 aromatic carbocycles. The highest BCUT2D eigenvalue weighted by Crippen LogP contribution is 1.79. The van der Waals surface area contributed by atoms with E-state index in [0.717, 1.165) is 0 Å². The first-order valence-corrected chi connectivity index (χ1v) is 1.99. The normalized spacial score (nSPS) is 9.25. The maximum atomic E-state index is 9.95. The van der Waals surface area contributed by atoms with E-state index in [2.05, 4.69) is 15.5 Å². The average Bonchev–Trinajstić information content (AvgIpc) is 1.83. The highest BCUT2D eigenvalue weighted by atomic mass is 16.8. The van der Waals surface area contributed by atoms with Gasteiger partial charge in [0.2, 0.25) is 0 Å². The zero-order chi connectivity index (χ0) is 6.41. The second-order valence-electron chi connectivity index (χ2n) is 0.955. The highest BCUT2D eigenvalue weighted by molar-refractivity contribution is 5.59. The minimum Gasteiger partial charge on any atom is -0.402 e. The van der Waals surface area contributed by atoms with Crippen LogP contribution < -0.4 is 5.90 Å². The molecule has 0 atom stereocenters. The van der Waals surface area contributed by atoms with Crippen molar-refractivity contribution in [3.63, 3.8) is 0 Å². The molecule has 46 valence electrons. The number of rotatable bonds is 1. The third kappa shape index (κ3) is 3.17. The summed E-state index contributed by atoms with van der Waals surface area (Å²) in [7, 11) is 0. The lowest BCUT2D eigenvalue weighted by atomic mass is 10.7. The van der Waals surface area contributed by atoms with E-state index in [1.807, 2.05) is 0 Å². The summed E-state index contributed by atoms with van der Waals surface area (Å²) in [6, 6.07) is 0. The molecule has 0 radical (unpaired) electrons. The van der Waals surface area contributed by atoms with Gasteiger partial charge in [-0.3, -0.25) is 0 Å². The molecule has 0 aliphatic rings. The Morgan fingerprint density at radius 3 is 2.75 bits per heavy atom. The zero-order valence-electron chi connectivity index (χ0n) is 4.46. The summed E-state index contributed by atoms with van der Waals surface area (Å²) in [6.45, 7) is 1.70. The van der Waals surface area contributed by atoms with Gasteiger partial charge in [-0.1, -0.05) is 6.08 Å². The van der Waals surface area contributed by atoms with Crippen molar-refractivity contribution in [3.05, 3.63) is 12.3 Å². The molecule has 2 N–H and O–H groups in total. The van der Waals surface area contributed by atoms with Crippen LogP contribution in [0.5, 0.6) is 0 Å². The van der Waals surface area contributed by atoms with Crippen LogP contribution in [0.3, 0.4) is 0 Å². The highest BCUT2D eigenvalue weighted by Gasteiger charge is 1.93. The Kier molecular flexibility index (Phi) is 3.60. The largest absolute Gasteiger partial charge is 0.532 e. The first-order chi connectivity index (χ1) is 3.81. The fourth-order valence-electron chi connectivity index (χ4n) is 0.151. The van der Waals surface area contributed by atoms with Gasteiger partial charge in [-0.25, -0.2) is 4.79 Å². The Bertz CT molecular complexity index is 99.5. The van der Waals surface area contributed by atoms with Gasteiger partial charge in [0.05, 0.1) is 6.26 Å². The average molecular weight is 117 g/mol. The predicted molar refractivity (Wildman–Crippen MR) is 26.6 cm³/mol. The molecule has 0 aliphatic heterocycles. The van der Waals surface area contributed by atoms with Crippen molar-refractivity contribution in [2.45, 2.75) is 6.92 Å². The van der Waals surface area contributed by atoms with Crippen LogP contribution in [0, 0.1) is 0 Å². The van der Waals surface area contributed by atoms with Crippen molar-refractivity contribution in [1.82, 2.24) is 0 Å². The number of allylic oxidation sites excluding steroid dienone is 1. The van der Waals surface area contributed by atoms with Crippen LogP contribution in [-0.4, -0.2) is 6.16 Å². The number of ether oxygens (including phenoxy) is 1. The number of carbonyl (C=O) groups is 1. The van der Waals surface area contributed by atoms with Gasteiger partial charge in [-0.05, 0) is 6.92 Å². The van der Waals surface area contributed by atoms with E-state index >= 15 is 0 Å². The Balaban J connectivity index is 3.25. The number of hydrogen-bond acceptors (Lipinski definition) is 4. The first-order valence-electron chi connectivity index (χ1n) is 1.99. The Morgan fingerprint density at radius 1 is 1.75 bits per heavy atom. The van der Waals surface area contributed by atoms with E-state index in [0.29, 0.717) is 0 Å². The van der Waals surface area contributed by atoms with Gasteiger partial charge in [0.1, 0.15) is 0 Å². The van der Waals surface area contributed by atoms with Crippen LogP contribution in [0.2, 0.25) is 0 Å². The van der Waals surface area contributed by atoms with Crippen LogP contribution >= 0.6 is 0 Å². The van der Waals surface area contributed by atoms with E-state index in [1.54, 1.807) is 6.92 Å². The van der Waals surface area contributed by atoms with E-state index in [-0.39, 0.29) is 0 Å². The summed E-state index contributed by atoms with van der Waals surface area (Å²) < 4.78 is 4.17. The molecule has 0 saturated heterocycles.